The molecular formula is C72H78Br5ClN2O4S8Sn. The molecule has 0 bridgehead atoms. The number of nitrogens with zero attached hydrogens (tertiary/aromatic N) is 2. The van der Waals surface area contributed by atoms with E-state index < -0.39 is 18.4 Å². The molecule has 0 radical (unpaired) electrons. The van der Waals surface area contributed by atoms with Crippen LogP contribution < -0.4 is 2.89 Å². The van der Waals surface area contributed by atoms with Gasteiger partial charge in [-0.25, -0.2) is 0 Å². The van der Waals surface area contributed by atoms with Gasteiger partial charge < -0.3 is 0 Å². The quantitative estimate of drug-likeness (QED) is 0.0517. The largest absolute Gasteiger partial charge is 0.0843 e. The smallest absolute Gasteiger partial charge is 0.0405 e. The number of hydrogen-bond donors (Lipinski definition) is 0. The Hall–Kier alpha value is -1.93. The fourth-order valence-electron chi connectivity index (χ4n) is 11.3. The first kappa shape index (κ1) is 76.8. The number of fused-ring (bicyclic) bond motifs is 6. The second-order valence-electron chi connectivity index (χ2n) is 24.0. The Balaban J connectivity index is 0.000000172. The molecule has 10 heterocycles. The second kappa shape index (κ2) is 34.4. The zero-order valence-electron chi connectivity index (χ0n) is 53.5. The molecule has 8 aromatic heterocycles. The van der Waals surface area contributed by atoms with Gasteiger partial charge in [-0.05, 0) is 184 Å². The van der Waals surface area contributed by atoms with Crippen LogP contribution in [0.3, 0.4) is 0 Å². The van der Waals surface area contributed by atoms with E-state index in [1.54, 1.807) is 48.2 Å². The van der Waals surface area contributed by atoms with E-state index in [4.69, 9.17) is 11.6 Å². The molecular weight excluding hydrogens is 1770 g/mol. The fraction of sp³-hybridized carbons (Fsp3) is 0.361. The first-order valence-electron chi connectivity index (χ1n) is 30.9. The standard InChI is InChI=1S/C31H30BrNO2S4.C14H17Br2NO2S.C13H11S2.C6H5Cl.C4H2Br2S.CH4.3CH3.Sn/c1-5-6-7-8-9-10-13-33-30(34)25-18(4)36-29(26(25)31(33)35)23-15-20-17(3)27-19(16(2)28(20)39-23)14-22(38-27)21-11-12-24(32)37-21;1-2-3-4-5-6-7-8-17-13(18)9-10(14(17)19)12(16)20-11(9)15;1-7-6-11-9(3)12-10(4-5-14-12)8(2)13(11)15-7;7-6-4-2-1-3-5-6;5-3-1-2-4(6)7-3;;;;;/h11-12,14-15H,5-10,13H2,1-4H3;2-8H2,1H3;4,6H,1-3H3;1-5H;1-2H;1H4;3*1H3;. The molecule has 0 saturated carbocycles. The summed E-state index contributed by atoms with van der Waals surface area (Å²) in [6, 6.07) is 27.2. The van der Waals surface area contributed by atoms with Crippen LogP contribution in [0.4, 0.5) is 0 Å². The Morgan fingerprint density at radius 2 is 0.839 bits per heavy atom. The van der Waals surface area contributed by atoms with E-state index in [1.165, 1.54) is 157 Å². The van der Waals surface area contributed by atoms with E-state index in [-0.39, 0.29) is 31.1 Å². The number of aryl methyl sites for hydroxylation is 6. The van der Waals surface area contributed by atoms with E-state index >= 15 is 0 Å². The van der Waals surface area contributed by atoms with E-state index in [2.05, 4.69) is 191 Å². The van der Waals surface area contributed by atoms with Gasteiger partial charge in [-0.3, -0.25) is 29.0 Å². The molecule has 0 unspecified atom stereocenters. The van der Waals surface area contributed by atoms with Gasteiger partial charge in [-0.15, -0.1) is 68.0 Å². The van der Waals surface area contributed by atoms with Crippen molar-refractivity contribution in [1.82, 2.24) is 9.80 Å². The van der Waals surface area contributed by atoms with Gasteiger partial charge in [0.25, 0.3) is 23.6 Å². The monoisotopic (exact) mass is 1840 g/mol. The zero-order chi connectivity index (χ0) is 66.5. The number of carbonyl (C=O) groups excluding carboxylic acids is 4. The molecule has 93 heavy (non-hydrogen) atoms. The van der Waals surface area contributed by atoms with Crippen LogP contribution in [0.5, 0.6) is 0 Å². The number of halogens is 6. The van der Waals surface area contributed by atoms with Crippen molar-refractivity contribution in [2.45, 2.75) is 155 Å². The van der Waals surface area contributed by atoms with Gasteiger partial charge in [0, 0.05) is 47.0 Å². The van der Waals surface area contributed by atoms with Crippen molar-refractivity contribution in [3.05, 3.63) is 157 Å². The molecule has 21 heteroatoms. The molecule has 0 spiro atoms. The summed E-state index contributed by atoms with van der Waals surface area (Å²) in [6.07, 6.45) is 13.7. The topological polar surface area (TPSA) is 74.8 Å². The number of thiophene rings is 8. The van der Waals surface area contributed by atoms with E-state index in [1.807, 2.05) is 72.1 Å². The summed E-state index contributed by atoms with van der Waals surface area (Å²) in [4.78, 5) is 68.8. The first-order chi connectivity index (χ1) is 43.8. The van der Waals surface area contributed by atoms with Crippen molar-refractivity contribution in [1.29, 1.82) is 0 Å². The second-order valence-corrected chi connectivity index (χ2v) is 55.5. The van der Waals surface area contributed by atoms with Crippen molar-refractivity contribution < 1.29 is 19.2 Å². The van der Waals surface area contributed by atoms with Gasteiger partial charge in [0.15, 0.2) is 0 Å². The zero-order valence-corrected chi connectivity index (χ0v) is 71.5. The molecule has 494 valence electrons. The first-order valence-corrected chi connectivity index (χ1v) is 51.8. The molecule has 2 aliphatic heterocycles. The van der Waals surface area contributed by atoms with E-state index in [0.29, 0.717) is 35.3 Å². The number of rotatable bonds is 17. The van der Waals surface area contributed by atoms with Crippen molar-refractivity contribution in [3.63, 3.8) is 0 Å². The maximum absolute atomic E-state index is 13.6. The normalized spacial score (nSPS) is 12.7. The van der Waals surface area contributed by atoms with Gasteiger partial charge in [-0.1, -0.05) is 115 Å². The molecule has 0 fully saturated rings. The Labute approximate surface area is 632 Å². The molecule has 0 atom stereocenters. The summed E-state index contributed by atoms with van der Waals surface area (Å²) in [7, 11) is 0. The summed E-state index contributed by atoms with van der Waals surface area (Å²) < 4.78 is 12.3. The van der Waals surface area contributed by atoms with Crippen LogP contribution >= 0.6 is 182 Å². The summed E-state index contributed by atoms with van der Waals surface area (Å²) in [5.41, 5.74) is 7.87. The molecule has 0 saturated heterocycles. The summed E-state index contributed by atoms with van der Waals surface area (Å²) in [6.45, 7) is 18.7. The van der Waals surface area contributed by atoms with Gasteiger partial charge in [-0.2, -0.15) is 0 Å². The number of hydrogen-bond acceptors (Lipinski definition) is 12. The summed E-state index contributed by atoms with van der Waals surface area (Å²) in [5.74, 6) is -0.536. The molecule has 2 aliphatic rings. The number of amides is 4. The van der Waals surface area contributed by atoms with Gasteiger partial charge in [0.1, 0.15) is 0 Å². The summed E-state index contributed by atoms with van der Waals surface area (Å²) in [5, 5.41) is 6.34. The average molecular weight is 1850 g/mol. The van der Waals surface area contributed by atoms with E-state index in [9.17, 15) is 19.2 Å². The van der Waals surface area contributed by atoms with Crippen LogP contribution in [0, 0.1) is 41.5 Å². The average Bonchev–Trinajstić information content (AvgIpc) is 1.59. The Bertz CT molecular complexity index is 4320. The van der Waals surface area contributed by atoms with E-state index in [0.717, 1.165) is 56.7 Å². The molecule has 4 amide bonds. The fourth-order valence-corrected chi connectivity index (χ4v) is 29.7. The van der Waals surface area contributed by atoms with Crippen molar-refractivity contribution in [2.24, 2.45) is 0 Å². The molecule has 0 aliphatic carbocycles. The maximum atomic E-state index is 13.6. The number of imide groups is 2. The predicted molar refractivity (Wildman–Crippen MR) is 435 cm³/mol. The van der Waals surface area contributed by atoms with Crippen LogP contribution in [0.15, 0.2) is 97.8 Å². The third-order valence-electron chi connectivity index (χ3n) is 16.3. The number of unbranched alkanes of at least 4 members (excludes halogenated alkanes) is 10. The van der Waals surface area contributed by atoms with Crippen LogP contribution in [-0.4, -0.2) is 64.9 Å². The van der Waals surface area contributed by atoms with Gasteiger partial charge in [0.05, 0.1) is 46.1 Å². The summed E-state index contributed by atoms with van der Waals surface area (Å²) >= 11 is 34.6. The Morgan fingerprint density at radius 3 is 1.30 bits per heavy atom. The third kappa shape index (κ3) is 17.8. The van der Waals surface area contributed by atoms with Crippen molar-refractivity contribution in [2.75, 3.05) is 13.1 Å². The van der Waals surface area contributed by atoms with Gasteiger partial charge in [0.2, 0.25) is 0 Å². The Kier molecular flexibility index (Phi) is 28.4. The minimum absolute atomic E-state index is 0. The predicted octanol–water partition coefficient (Wildman–Crippen LogP) is 28.3. The van der Waals surface area contributed by atoms with Crippen LogP contribution in [0.2, 0.25) is 19.8 Å². The Morgan fingerprint density at radius 1 is 0.419 bits per heavy atom. The van der Waals surface area contributed by atoms with Crippen LogP contribution in [0.25, 0.3) is 59.9 Å². The minimum atomic E-state index is -1.95. The minimum Gasteiger partial charge on any atom is -0.0843 e. The SMILES string of the molecule is Brc1ccc(Br)s1.C.CCCCCCCCN1C(=O)c2c(Br)sc(Br)c2C1=O.CCCCCCCCN1C(=O)c2c(C)sc(-c3cc4c(C)c5sc(-c6ccc(Br)s6)cc5c(C)c4s3)c2C1=O.Cc1cc2c(C)c3s[c]([Sn]([CH3])([CH3])[CH3])cc3c(C)c2s1.Clc1ccccc1. The van der Waals surface area contributed by atoms with Crippen molar-refractivity contribution >= 4 is 267 Å². The van der Waals surface area contributed by atoms with Crippen LogP contribution in [0.1, 0.15) is 172 Å². The number of benzene rings is 3. The molecule has 3 aromatic carbocycles. The third-order valence-corrected chi connectivity index (χ3v) is 38.7. The number of carbonyl (C=O) groups is 4. The van der Waals surface area contributed by atoms with Crippen LogP contribution in [-0.2, 0) is 0 Å². The molecule has 6 nitrogen and oxygen atoms in total. The van der Waals surface area contributed by atoms with Crippen molar-refractivity contribution in [3.8, 4) is 19.5 Å². The molecule has 11 aromatic rings. The molecule has 0 N–H and O–H groups in total. The molecule has 13 rings (SSSR count). The van der Waals surface area contributed by atoms with Gasteiger partial charge >= 0.3 is 128 Å². The maximum Gasteiger partial charge on any atom is 0.0405 e.